The summed E-state index contributed by atoms with van der Waals surface area (Å²) in [6.45, 7) is 6.31. The lowest BCUT2D eigenvalue weighted by Crippen LogP contribution is -2.33. The molecule has 6 nitrogen and oxygen atoms in total. The number of hydrogen-bond donors (Lipinski definition) is 0. The molecule has 0 unspecified atom stereocenters. The zero-order chi connectivity index (χ0) is 23.2. The van der Waals surface area contributed by atoms with E-state index < -0.39 is 33.1 Å². The highest BCUT2D eigenvalue weighted by molar-refractivity contribution is 6.45. The monoisotopic (exact) mass is 450 g/mol. The normalized spacial score (nSPS) is 11.3. The van der Waals surface area contributed by atoms with Crippen molar-refractivity contribution in [2.24, 2.45) is 0 Å². The Morgan fingerprint density at radius 1 is 0.548 bits per heavy atom. The van der Waals surface area contributed by atoms with Gasteiger partial charge in [-0.1, -0.05) is 77.5 Å². The summed E-state index contributed by atoms with van der Waals surface area (Å²) >= 11 is -3.30. The summed E-state index contributed by atoms with van der Waals surface area (Å²) in [5.74, 6) is -2.02. The topological polar surface area (TPSA) is 78.9 Å². The van der Waals surface area contributed by atoms with E-state index in [0.717, 1.165) is 77.0 Å². The van der Waals surface area contributed by atoms with Gasteiger partial charge in [0.15, 0.2) is 0 Å². The van der Waals surface area contributed by atoms with E-state index in [9.17, 15) is 14.4 Å². The Bertz CT molecular complexity index is 502. The number of unbranched alkanes of at least 4 members (excludes halogenated alkanes) is 9. The molecule has 0 saturated heterocycles. The van der Waals surface area contributed by atoms with Crippen LogP contribution in [0, 0.1) is 0 Å². The Kier molecular flexibility index (Phi) is 20.1. The molecule has 0 N–H and O–H groups in total. The van der Waals surface area contributed by atoms with Gasteiger partial charge in [-0.3, -0.25) is 14.4 Å². The number of rotatable bonds is 18. The molecule has 0 aromatic carbocycles. The van der Waals surface area contributed by atoms with Gasteiger partial charge in [-0.2, -0.15) is 0 Å². The number of carbonyl (C=O) groups is 3. The zero-order valence-corrected chi connectivity index (χ0v) is 20.6. The fourth-order valence-electron chi connectivity index (χ4n) is 2.55. The third-order valence-electron chi connectivity index (χ3n) is 4.32. The molecule has 0 aliphatic heterocycles. The van der Waals surface area contributed by atoms with Crippen LogP contribution in [0.5, 0.6) is 0 Å². The summed E-state index contributed by atoms with van der Waals surface area (Å²) in [7, 11) is 0. The lowest BCUT2D eigenvalue weighted by molar-refractivity contribution is -0.141. The molecule has 0 spiro atoms. The van der Waals surface area contributed by atoms with Crippen molar-refractivity contribution in [1.82, 2.24) is 0 Å². The quantitative estimate of drug-likeness (QED) is 0.145. The SMILES string of the molecule is CCCCCC=CC(=O)[O][Al]([O]C(=O)C=CCCCCC)[O]C(=O)C=CCCCCC. The molecule has 174 valence electrons. The van der Waals surface area contributed by atoms with Crippen LogP contribution >= 0.6 is 0 Å². The van der Waals surface area contributed by atoms with Gasteiger partial charge in [0.05, 0.1) is 0 Å². The van der Waals surface area contributed by atoms with Crippen LogP contribution in [0.15, 0.2) is 36.5 Å². The first-order valence-electron chi connectivity index (χ1n) is 11.6. The van der Waals surface area contributed by atoms with Gasteiger partial charge in [0.2, 0.25) is 0 Å². The van der Waals surface area contributed by atoms with Crippen molar-refractivity contribution in [2.45, 2.75) is 97.8 Å². The Labute approximate surface area is 193 Å². The average Bonchev–Trinajstić information content (AvgIpc) is 2.73. The van der Waals surface area contributed by atoms with Crippen molar-refractivity contribution < 1.29 is 25.7 Å². The van der Waals surface area contributed by atoms with Crippen molar-refractivity contribution >= 4 is 33.1 Å². The van der Waals surface area contributed by atoms with Gasteiger partial charge in [-0.15, -0.1) is 0 Å². The minimum Gasteiger partial charge on any atom is -0.547 e. The van der Waals surface area contributed by atoms with E-state index in [0.29, 0.717) is 0 Å². The molecule has 0 rings (SSSR count). The van der Waals surface area contributed by atoms with E-state index in [1.54, 1.807) is 18.2 Å². The van der Waals surface area contributed by atoms with Gasteiger partial charge in [0.25, 0.3) is 17.9 Å². The van der Waals surface area contributed by atoms with E-state index >= 15 is 0 Å². The molecule has 0 aromatic rings. The Morgan fingerprint density at radius 2 is 0.839 bits per heavy atom. The van der Waals surface area contributed by atoms with Crippen molar-refractivity contribution in [3.63, 3.8) is 0 Å². The molecular formula is C24H39AlO6. The van der Waals surface area contributed by atoms with Gasteiger partial charge in [-0.25, -0.2) is 0 Å². The molecule has 0 radical (unpaired) electrons. The molecule has 0 heterocycles. The third kappa shape index (κ3) is 19.9. The molecular weight excluding hydrogens is 411 g/mol. The number of allylic oxidation sites excluding steroid dienone is 3. The maximum atomic E-state index is 12.0. The van der Waals surface area contributed by atoms with E-state index in [1.807, 2.05) is 0 Å². The van der Waals surface area contributed by atoms with Gasteiger partial charge >= 0.3 is 15.1 Å². The van der Waals surface area contributed by atoms with Crippen molar-refractivity contribution in [3.8, 4) is 0 Å². The van der Waals surface area contributed by atoms with Crippen LogP contribution in [-0.2, 0) is 25.7 Å². The molecule has 0 amide bonds. The molecule has 0 fully saturated rings. The maximum Gasteiger partial charge on any atom is 1.20 e. The van der Waals surface area contributed by atoms with E-state index in [4.69, 9.17) is 11.4 Å². The fourth-order valence-corrected chi connectivity index (χ4v) is 3.50. The van der Waals surface area contributed by atoms with Crippen molar-refractivity contribution in [2.75, 3.05) is 0 Å². The minimum absolute atomic E-state index is 0.674. The van der Waals surface area contributed by atoms with E-state index in [-0.39, 0.29) is 0 Å². The molecule has 0 atom stereocenters. The maximum absolute atomic E-state index is 12.0. The summed E-state index contributed by atoms with van der Waals surface area (Å²) in [5.41, 5.74) is 0. The van der Waals surface area contributed by atoms with Crippen LogP contribution in [0.1, 0.15) is 97.8 Å². The number of carbonyl (C=O) groups excluding carboxylic acids is 3. The summed E-state index contributed by atoms with van der Waals surface area (Å²) in [5, 5.41) is 0. The Morgan fingerprint density at radius 3 is 1.10 bits per heavy atom. The summed E-state index contributed by atoms with van der Waals surface area (Å²) in [6.07, 6.45) is 20.8. The molecule has 0 bridgehead atoms. The lowest BCUT2D eigenvalue weighted by Gasteiger charge is -2.10. The molecule has 7 heteroatoms. The highest BCUT2D eigenvalue weighted by Gasteiger charge is 2.48. The predicted octanol–water partition coefficient (Wildman–Crippen LogP) is 6.01. The second-order valence-corrected chi connectivity index (χ2v) is 8.58. The van der Waals surface area contributed by atoms with Crippen LogP contribution in [-0.4, -0.2) is 33.1 Å². The number of hydrogen-bond acceptors (Lipinski definition) is 6. The van der Waals surface area contributed by atoms with Crippen LogP contribution in [0.4, 0.5) is 0 Å². The summed E-state index contributed by atoms with van der Waals surface area (Å²) in [4.78, 5) is 36.1. The minimum atomic E-state index is -3.30. The Hall–Kier alpha value is -1.84. The van der Waals surface area contributed by atoms with Crippen LogP contribution in [0.3, 0.4) is 0 Å². The molecule has 31 heavy (non-hydrogen) atoms. The third-order valence-corrected chi connectivity index (χ3v) is 5.60. The highest BCUT2D eigenvalue weighted by atomic mass is 27.3. The second-order valence-electron chi connectivity index (χ2n) is 7.29. The molecule has 0 aliphatic rings. The largest absolute Gasteiger partial charge is 1.20 e. The first-order chi connectivity index (χ1) is 15.0. The van der Waals surface area contributed by atoms with Crippen molar-refractivity contribution in [1.29, 1.82) is 0 Å². The first-order valence-corrected chi connectivity index (χ1v) is 13.1. The van der Waals surface area contributed by atoms with Crippen LogP contribution in [0.2, 0.25) is 0 Å². The van der Waals surface area contributed by atoms with Gasteiger partial charge in [-0.05, 0) is 38.5 Å². The van der Waals surface area contributed by atoms with Gasteiger partial charge in [0.1, 0.15) is 0 Å². The standard InChI is InChI=1S/3C8H14O2.Al/c3*1-2-3-4-5-6-7-8(9)10;/h3*6-7H,2-5H2,1H3,(H,9,10);/q;;;+3/p-3. The lowest BCUT2D eigenvalue weighted by atomic mass is 10.2. The first kappa shape index (κ1) is 29.2. The predicted molar refractivity (Wildman–Crippen MR) is 124 cm³/mol. The smallest absolute Gasteiger partial charge is 0.547 e. The summed E-state index contributed by atoms with van der Waals surface area (Å²) < 4.78 is 15.4. The average molecular weight is 451 g/mol. The summed E-state index contributed by atoms with van der Waals surface area (Å²) in [6, 6.07) is 0. The highest BCUT2D eigenvalue weighted by Crippen LogP contribution is 2.04. The van der Waals surface area contributed by atoms with E-state index in [2.05, 4.69) is 20.8 Å². The van der Waals surface area contributed by atoms with Crippen LogP contribution < -0.4 is 0 Å². The fraction of sp³-hybridized carbons (Fsp3) is 0.625. The zero-order valence-electron chi connectivity index (χ0n) is 19.5. The molecule has 0 aliphatic carbocycles. The Balaban J connectivity index is 4.74. The van der Waals surface area contributed by atoms with Crippen molar-refractivity contribution in [3.05, 3.63) is 36.5 Å². The molecule has 0 saturated carbocycles. The van der Waals surface area contributed by atoms with E-state index in [1.165, 1.54) is 18.2 Å². The van der Waals surface area contributed by atoms with Gasteiger partial charge < -0.3 is 11.4 Å². The second kappa shape index (κ2) is 21.4. The van der Waals surface area contributed by atoms with Crippen LogP contribution in [0.25, 0.3) is 0 Å². The molecule has 0 aromatic heterocycles. The van der Waals surface area contributed by atoms with Gasteiger partial charge in [0, 0.05) is 18.2 Å².